The molecular formula is C31H39N3O8S. The maximum Gasteiger partial charge on any atom is 0.319 e. The van der Waals surface area contributed by atoms with Crippen molar-refractivity contribution in [3.05, 3.63) is 46.2 Å². The number of benzene rings is 2. The zero-order chi connectivity index (χ0) is 30.8. The number of esters is 1. The standard InChI is InChI=1S/C31H39N3O8S/c1-5-7-9-27(30(37)40-6-2)43-31-33-22-18-26-25(41-19-42-26)17-21(22)29(36)34(31)15-8-10-28(35)32-14-13-20-11-12-23(38-3)24(16-20)39-4/h11-12,16-18,27H,5-10,13-15,19H2,1-4H3,(H,32,35)/t27-/m1/s1. The molecule has 43 heavy (non-hydrogen) atoms. The number of rotatable bonds is 16. The van der Waals surface area contributed by atoms with Crippen molar-refractivity contribution in [2.24, 2.45) is 0 Å². The molecule has 0 aliphatic carbocycles. The summed E-state index contributed by atoms with van der Waals surface area (Å²) < 4.78 is 28.5. The van der Waals surface area contributed by atoms with Crippen molar-refractivity contribution in [2.45, 2.75) is 69.3 Å². The van der Waals surface area contributed by atoms with E-state index in [1.165, 1.54) is 11.8 Å². The zero-order valence-electron chi connectivity index (χ0n) is 25.1. The molecule has 0 unspecified atom stereocenters. The number of hydrogen-bond acceptors (Lipinski definition) is 10. The Balaban J connectivity index is 1.47. The Morgan fingerprint density at radius 1 is 1.07 bits per heavy atom. The number of carbonyl (C=O) groups is 2. The van der Waals surface area contributed by atoms with Crippen LogP contribution in [-0.4, -0.2) is 60.8 Å². The van der Waals surface area contributed by atoms with Gasteiger partial charge in [0.25, 0.3) is 5.56 Å². The van der Waals surface area contributed by atoms with Gasteiger partial charge in [0.1, 0.15) is 5.25 Å². The topological polar surface area (TPSA) is 127 Å². The van der Waals surface area contributed by atoms with Gasteiger partial charge in [0.05, 0.1) is 31.7 Å². The monoisotopic (exact) mass is 613 g/mol. The van der Waals surface area contributed by atoms with Gasteiger partial charge in [-0.15, -0.1) is 0 Å². The summed E-state index contributed by atoms with van der Waals surface area (Å²) in [4.78, 5) is 43.9. The fourth-order valence-electron chi connectivity index (χ4n) is 4.72. The van der Waals surface area contributed by atoms with Crippen LogP contribution in [0.3, 0.4) is 0 Å². The van der Waals surface area contributed by atoms with E-state index in [1.807, 2.05) is 18.2 Å². The van der Waals surface area contributed by atoms with Crippen LogP contribution in [0.2, 0.25) is 0 Å². The van der Waals surface area contributed by atoms with Crippen LogP contribution >= 0.6 is 11.8 Å². The van der Waals surface area contributed by atoms with Crippen molar-refractivity contribution in [3.63, 3.8) is 0 Å². The van der Waals surface area contributed by atoms with Gasteiger partial charge in [-0.2, -0.15) is 0 Å². The molecule has 4 rings (SSSR count). The summed E-state index contributed by atoms with van der Waals surface area (Å²) in [5, 5.41) is 3.22. The number of carbonyl (C=O) groups excluding carboxylic acids is 2. The van der Waals surface area contributed by atoms with E-state index in [4.69, 9.17) is 28.7 Å². The van der Waals surface area contributed by atoms with Gasteiger partial charge in [-0.05, 0) is 49.9 Å². The molecule has 0 saturated carbocycles. The molecule has 11 nitrogen and oxygen atoms in total. The second-order valence-electron chi connectivity index (χ2n) is 9.97. The van der Waals surface area contributed by atoms with Crippen LogP contribution in [0.1, 0.15) is 51.5 Å². The molecule has 0 bridgehead atoms. The number of ether oxygens (including phenoxy) is 5. The quantitative estimate of drug-likeness (QED) is 0.140. The lowest BCUT2D eigenvalue weighted by molar-refractivity contribution is -0.142. The van der Waals surface area contributed by atoms with Crippen LogP contribution in [0.25, 0.3) is 10.9 Å². The van der Waals surface area contributed by atoms with E-state index in [1.54, 1.807) is 37.8 Å². The number of fused-ring (bicyclic) bond motifs is 2. The van der Waals surface area contributed by atoms with Crippen molar-refractivity contribution in [1.82, 2.24) is 14.9 Å². The van der Waals surface area contributed by atoms with Crippen LogP contribution in [0, 0.1) is 0 Å². The second kappa shape index (κ2) is 15.5. The fraction of sp³-hybridized carbons (Fsp3) is 0.484. The number of hydrogen-bond donors (Lipinski definition) is 1. The van der Waals surface area contributed by atoms with Gasteiger partial charge in [-0.3, -0.25) is 19.0 Å². The number of methoxy groups -OCH3 is 2. The fourth-order valence-corrected chi connectivity index (χ4v) is 5.88. The van der Waals surface area contributed by atoms with Gasteiger partial charge in [-0.1, -0.05) is 37.6 Å². The van der Waals surface area contributed by atoms with Crippen molar-refractivity contribution in [2.75, 3.05) is 34.2 Å². The Morgan fingerprint density at radius 2 is 1.84 bits per heavy atom. The first-order chi connectivity index (χ1) is 20.9. The summed E-state index contributed by atoms with van der Waals surface area (Å²) in [6.07, 6.45) is 3.60. The van der Waals surface area contributed by atoms with Gasteiger partial charge in [0.2, 0.25) is 12.7 Å². The third-order valence-electron chi connectivity index (χ3n) is 7.00. The first kappa shape index (κ1) is 32.0. The summed E-state index contributed by atoms with van der Waals surface area (Å²) in [7, 11) is 3.17. The molecule has 2 heterocycles. The van der Waals surface area contributed by atoms with Crippen LogP contribution < -0.4 is 29.8 Å². The van der Waals surface area contributed by atoms with Crippen molar-refractivity contribution in [1.29, 1.82) is 0 Å². The highest BCUT2D eigenvalue weighted by atomic mass is 32.2. The average Bonchev–Trinajstić information content (AvgIpc) is 3.47. The van der Waals surface area contributed by atoms with E-state index in [2.05, 4.69) is 12.2 Å². The van der Waals surface area contributed by atoms with Gasteiger partial charge in [0.15, 0.2) is 28.2 Å². The zero-order valence-corrected chi connectivity index (χ0v) is 25.9. The molecule has 232 valence electrons. The van der Waals surface area contributed by atoms with Crippen LogP contribution in [0.5, 0.6) is 23.0 Å². The third-order valence-corrected chi connectivity index (χ3v) is 8.24. The van der Waals surface area contributed by atoms with Gasteiger partial charge in [-0.25, -0.2) is 4.98 Å². The molecule has 0 saturated heterocycles. The summed E-state index contributed by atoms with van der Waals surface area (Å²) in [6.45, 7) is 4.88. The minimum Gasteiger partial charge on any atom is -0.493 e. The molecule has 2 aromatic carbocycles. The van der Waals surface area contributed by atoms with E-state index in [-0.39, 0.29) is 43.8 Å². The minimum absolute atomic E-state index is 0.0739. The summed E-state index contributed by atoms with van der Waals surface area (Å²) in [6, 6.07) is 8.98. The highest BCUT2D eigenvalue weighted by Gasteiger charge is 2.25. The molecule has 1 aliphatic heterocycles. The number of aromatic nitrogens is 2. The van der Waals surface area contributed by atoms with Crippen molar-refractivity contribution < 1.29 is 33.3 Å². The molecule has 1 amide bonds. The number of nitrogens with one attached hydrogen (secondary N) is 1. The highest BCUT2D eigenvalue weighted by molar-refractivity contribution is 8.00. The van der Waals surface area contributed by atoms with E-state index in [0.29, 0.717) is 64.9 Å². The number of unbranched alkanes of at least 4 members (excludes halogenated alkanes) is 1. The van der Waals surface area contributed by atoms with Crippen LogP contribution in [-0.2, 0) is 27.3 Å². The smallest absolute Gasteiger partial charge is 0.319 e. The Labute approximate surface area is 255 Å². The second-order valence-corrected chi connectivity index (χ2v) is 11.1. The van der Waals surface area contributed by atoms with Gasteiger partial charge < -0.3 is 29.0 Å². The molecule has 1 aliphatic rings. The molecule has 1 N–H and O–H groups in total. The number of nitrogens with zero attached hydrogens (tertiary/aromatic N) is 2. The molecule has 1 aromatic heterocycles. The third kappa shape index (κ3) is 8.13. The minimum atomic E-state index is -0.510. The lowest BCUT2D eigenvalue weighted by atomic mass is 10.1. The van der Waals surface area contributed by atoms with Crippen LogP contribution in [0.4, 0.5) is 0 Å². The molecule has 0 fully saturated rings. The van der Waals surface area contributed by atoms with E-state index in [9.17, 15) is 14.4 Å². The Bertz CT molecular complexity index is 1490. The summed E-state index contributed by atoms with van der Waals surface area (Å²) >= 11 is 1.23. The predicted octanol–water partition coefficient (Wildman–Crippen LogP) is 4.50. The Kier molecular flexibility index (Phi) is 11.5. The molecule has 1 atom stereocenters. The predicted molar refractivity (Wildman–Crippen MR) is 163 cm³/mol. The molecule has 0 radical (unpaired) electrons. The lowest BCUT2D eigenvalue weighted by Crippen LogP contribution is -2.28. The SMILES string of the molecule is CCCC[C@@H](Sc1nc2cc3c(cc2c(=O)n1CCCC(=O)NCCc1ccc(OC)c(OC)c1)OCO3)C(=O)OCC. The highest BCUT2D eigenvalue weighted by Crippen LogP contribution is 2.36. The van der Waals surface area contributed by atoms with Gasteiger partial charge >= 0.3 is 5.97 Å². The maximum atomic E-state index is 13.7. The summed E-state index contributed by atoms with van der Waals surface area (Å²) in [5.41, 5.74) is 1.20. The first-order valence-corrected chi connectivity index (χ1v) is 15.4. The first-order valence-electron chi connectivity index (χ1n) is 14.5. The molecule has 3 aromatic rings. The molecule has 0 spiro atoms. The van der Waals surface area contributed by atoms with Gasteiger partial charge in [0, 0.05) is 25.6 Å². The van der Waals surface area contributed by atoms with E-state index < -0.39 is 5.25 Å². The maximum absolute atomic E-state index is 13.7. The largest absolute Gasteiger partial charge is 0.493 e. The lowest BCUT2D eigenvalue weighted by Gasteiger charge is -2.18. The normalized spacial score (nSPS) is 12.7. The summed E-state index contributed by atoms with van der Waals surface area (Å²) in [5.74, 6) is 1.84. The van der Waals surface area contributed by atoms with E-state index in [0.717, 1.165) is 18.4 Å². The molecular weight excluding hydrogens is 574 g/mol. The van der Waals surface area contributed by atoms with E-state index >= 15 is 0 Å². The van der Waals surface area contributed by atoms with Crippen molar-refractivity contribution >= 4 is 34.5 Å². The molecule has 12 heteroatoms. The Hall–Kier alpha value is -3.93. The van der Waals surface area contributed by atoms with Crippen molar-refractivity contribution in [3.8, 4) is 23.0 Å². The Morgan fingerprint density at radius 3 is 2.56 bits per heavy atom. The number of thioether (sulfide) groups is 1. The number of amides is 1. The van der Waals surface area contributed by atoms with Crippen LogP contribution in [0.15, 0.2) is 40.3 Å². The average molecular weight is 614 g/mol.